The molecule has 188 valence electrons. The SMILES string of the molecule is COc1ccccc1Oc1cccc(CN2CCC(NC(=O)C3(c4ccccc4)CCNC3)CC2)c1. The summed E-state index contributed by atoms with van der Waals surface area (Å²) in [6, 6.07) is 26.4. The second-order valence-corrected chi connectivity index (χ2v) is 9.80. The van der Waals surface area contributed by atoms with Crippen LogP contribution in [0, 0.1) is 0 Å². The fraction of sp³-hybridized carbons (Fsp3) is 0.367. The molecule has 2 saturated heterocycles. The van der Waals surface area contributed by atoms with Crippen molar-refractivity contribution in [1.82, 2.24) is 15.5 Å². The third-order valence-corrected chi connectivity index (χ3v) is 7.44. The largest absolute Gasteiger partial charge is 0.493 e. The minimum atomic E-state index is -0.458. The molecule has 0 saturated carbocycles. The maximum absolute atomic E-state index is 13.5. The first-order chi connectivity index (χ1) is 17.7. The van der Waals surface area contributed by atoms with Gasteiger partial charge in [0.15, 0.2) is 11.5 Å². The highest BCUT2D eigenvalue weighted by atomic mass is 16.5. The van der Waals surface area contributed by atoms with E-state index in [2.05, 4.69) is 39.8 Å². The summed E-state index contributed by atoms with van der Waals surface area (Å²) in [5.74, 6) is 2.39. The van der Waals surface area contributed by atoms with Crippen LogP contribution >= 0.6 is 0 Å². The fourth-order valence-electron chi connectivity index (χ4n) is 5.38. The maximum atomic E-state index is 13.5. The smallest absolute Gasteiger partial charge is 0.232 e. The van der Waals surface area contributed by atoms with Crippen molar-refractivity contribution in [2.24, 2.45) is 0 Å². The van der Waals surface area contributed by atoms with E-state index >= 15 is 0 Å². The van der Waals surface area contributed by atoms with Gasteiger partial charge in [0.05, 0.1) is 12.5 Å². The summed E-state index contributed by atoms with van der Waals surface area (Å²) in [4.78, 5) is 15.9. The number of para-hydroxylation sites is 2. The van der Waals surface area contributed by atoms with Crippen LogP contribution in [0.3, 0.4) is 0 Å². The normalized spacial score (nSPS) is 20.7. The summed E-state index contributed by atoms with van der Waals surface area (Å²) in [6.07, 6.45) is 2.76. The Labute approximate surface area is 213 Å². The van der Waals surface area contributed by atoms with Crippen LogP contribution in [0.2, 0.25) is 0 Å². The van der Waals surface area contributed by atoms with Crippen LogP contribution in [0.4, 0.5) is 0 Å². The lowest BCUT2D eigenvalue weighted by atomic mass is 9.78. The Kier molecular flexibility index (Phi) is 7.54. The summed E-state index contributed by atoms with van der Waals surface area (Å²) >= 11 is 0. The molecule has 5 rings (SSSR count). The summed E-state index contributed by atoms with van der Waals surface area (Å²) in [5, 5.41) is 6.80. The van der Waals surface area contributed by atoms with Gasteiger partial charge in [0.1, 0.15) is 5.75 Å². The highest BCUT2D eigenvalue weighted by Crippen LogP contribution is 2.33. The fourth-order valence-corrected chi connectivity index (χ4v) is 5.38. The summed E-state index contributed by atoms with van der Waals surface area (Å²) in [7, 11) is 1.65. The lowest BCUT2D eigenvalue weighted by molar-refractivity contribution is -0.127. The van der Waals surface area contributed by atoms with E-state index < -0.39 is 5.41 Å². The number of methoxy groups -OCH3 is 1. The molecular formula is C30H35N3O3. The molecule has 1 amide bonds. The highest BCUT2D eigenvalue weighted by Gasteiger charge is 2.43. The van der Waals surface area contributed by atoms with Crippen molar-refractivity contribution < 1.29 is 14.3 Å². The molecule has 0 radical (unpaired) electrons. The molecular weight excluding hydrogens is 450 g/mol. The lowest BCUT2D eigenvalue weighted by Gasteiger charge is -2.35. The van der Waals surface area contributed by atoms with E-state index in [0.717, 1.165) is 62.5 Å². The Morgan fingerprint density at radius 1 is 1.00 bits per heavy atom. The Morgan fingerprint density at radius 2 is 1.75 bits per heavy atom. The molecule has 1 atom stereocenters. The minimum absolute atomic E-state index is 0.165. The molecule has 36 heavy (non-hydrogen) atoms. The van der Waals surface area contributed by atoms with Gasteiger partial charge >= 0.3 is 0 Å². The van der Waals surface area contributed by atoms with E-state index in [9.17, 15) is 4.79 Å². The van der Waals surface area contributed by atoms with Crippen LogP contribution < -0.4 is 20.1 Å². The van der Waals surface area contributed by atoms with Crippen LogP contribution in [0.15, 0.2) is 78.9 Å². The monoisotopic (exact) mass is 485 g/mol. The van der Waals surface area contributed by atoms with Crippen molar-refractivity contribution in [2.75, 3.05) is 33.3 Å². The first-order valence-electron chi connectivity index (χ1n) is 12.9. The molecule has 2 heterocycles. The molecule has 3 aromatic rings. The van der Waals surface area contributed by atoms with Crippen LogP contribution in [-0.2, 0) is 16.8 Å². The second-order valence-electron chi connectivity index (χ2n) is 9.80. The van der Waals surface area contributed by atoms with Gasteiger partial charge in [-0.1, -0.05) is 54.6 Å². The van der Waals surface area contributed by atoms with Crippen molar-refractivity contribution in [1.29, 1.82) is 0 Å². The minimum Gasteiger partial charge on any atom is -0.493 e. The molecule has 2 aliphatic rings. The van der Waals surface area contributed by atoms with Crippen molar-refractivity contribution in [3.05, 3.63) is 90.0 Å². The number of carbonyl (C=O) groups is 1. The number of piperidine rings is 1. The van der Waals surface area contributed by atoms with E-state index in [1.807, 2.05) is 54.6 Å². The molecule has 0 aliphatic carbocycles. The number of hydrogen-bond donors (Lipinski definition) is 2. The predicted molar refractivity (Wildman–Crippen MR) is 142 cm³/mol. The Hall–Kier alpha value is -3.35. The predicted octanol–water partition coefficient (Wildman–Crippen LogP) is 4.50. The number of amides is 1. The van der Waals surface area contributed by atoms with Gasteiger partial charge in [-0.15, -0.1) is 0 Å². The quantitative estimate of drug-likeness (QED) is 0.492. The van der Waals surface area contributed by atoms with Gasteiger partial charge in [-0.3, -0.25) is 9.69 Å². The number of benzene rings is 3. The van der Waals surface area contributed by atoms with Gasteiger partial charge in [0.25, 0.3) is 0 Å². The van der Waals surface area contributed by atoms with E-state index in [-0.39, 0.29) is 11.9 Å². The van der Waals surface area contributed by atoms with Gasteiger partial charge in [0, 0.05) is 32.2 Å². The molecule has 3 aromatic carbocycles. The average molecular weight is 486 g/mol. The van der Waals surface area contributed by atoms with Crippen LogP contribution in [0.1, 0.15) is 30.4 Å². The van der Waals surface area contributed by atoms with Gasteiger partial charge in [-0.2, -0.15) is 0 Å². The second kappa shape index (κ2) is 11.1. The number of carbonyl (C=O) groups excluding carboxylic acids is 1. The molecule has 6 nitrogen and oxygen atoms in total. The van der Waals surface area contributed by atoms with E-state index in [4.69, 9.17) is 9.47 Å². The number of rotatable bonds is 8. The number of ether oxygens (including phenoxy) is 2. The summed E-state index contributed by atoms with van der Waals surface area (Å²) in [5.41, 5.74) is 1.87. The zero-order valence-electron chi connectivity index (χ0n) is 20.9. The zero-order chi connectivity index (χ0) is 24.8. The highest BCUT2D eigenvalue weighted by molar-refractivity contribution is 5.89. The third-order valence-electron chi connectivity index (χ3n) is 7.44. The molecule has 2 aliphatic heterocycles. The summed E-state index contributed by atoms with van der Waals surface area (Å²) < 4.78 is 11.5. The van der Waals surface area contributed by atoms with Crippen LogP contribution in [0.5, 0.6) is 17.2 Å². The lowest BCUT2D eigenvalue weighted by Crippen LogP contribution is -2.52. The Morgan fingerprint density at radius 3 is 2.47 bits per heavy atom. The van der Waals surface area contributed by atoms with E-state index in [1.54, 1.807) is 7.11 Å². The molecule has 6 heteroatoms. The summed E-state index contributed by atoms with van der Waals surface area (Å²) in [6.45, 7) is 4.36. The van der Waals surface area contributed by atoms with E-state index in [0.29, 0.717) is 12.3 Å². The topological polar surface area (TPSA) is 62.8 Å². The van der Waals surface area contributed by atoms with Crippen molar-refractivity contribution in [2.45, 2.75) is 37.3 Å². The van der Waals surface area contributed by atoms with Gasteiger partial charge < -0.3 is 20.1 Å². The molecule has 2 N–H and O–H groups in total. The van der Waals surface area contributed by atoms with Crippen LogP contribution in [-0.4, -0.2) is 50.1 Å². The number of nitrogens with zero attached hydrogens (tertiary/aromatic N) is 1. The third kappa shape index (κ3) is 5.40. The first kappa shape index (κ1) is 24.3. The Bertz CT molecular complexity index is 1150. The number of nitrogens with one attached hydrogen (secondary N) is 2. The number of likely N-dealkylation sites (tertiary alicyclic amines) is 1. The standard InChI is InChI=1S/C30H35N3O3/c1-35-27-12-5-6-13-28(27)36-26-11-7-8-23(20-26)21-33-18-14-25(15-19-33)32-29(34)30(16-17-31-22-30)24-9-3-2-4-10-24/h2-13,20,25,31H,14-19,21-22H2,1H3,(H,32,34). The van der Waals surface area contributed by atoms with Crippen molar-refractivity contribution in [3.63, 3.8) is 0 Å². The van der Waals surface area contributed by atoms with Gasteiger partial charge in [-0.05, 0) is 61.2 Å². The maximum Gasteiger partial charge on any atom is 0.232 e. The Balaban J connectivity index is 1.16. The molecule has 0 spiro atoms. The average Bonchev–Trinajstić information content (AvgIpc) is 3.42. The molecule has 2 fully saturated rings. The van der Waals surface area contributed by atoms with Crippen molar-refractivity contribution >= 4 is 5.91 Å². The molecule has 0 aromatic heterocycles. The molecule has 0 bridgehead atoms. The van der Waals surface area contributed by atoms with E-state index in [1.165, 1.54) is 5.56 Å². The number of hydrogen-bond acceptors (Lipinski definition) is 5. The zero-order valence-corrected chi connectivity index (χ0v) is 20.9. The van der Waals surface area contributed by atoms with Crippen molar-refractivity contribution in [3.8, 4) is 17.2 Å². The van der Waals surface area contributed by atoms with Gasteiger partial charge in [-0.25, -0.2) is 0 Å². The molecule has 1 unspecified atom stereocenters. The van der Waals surface area contributed by atoms with Gasteiger partial charge in [0.2, 0.25) is 5.91 Å². The first-order valence-corrected chi connectivity index (χ1v) is 12.9. The van der Waals surface area contributed by atoms with Crippen LogP contribution in [0.25, 0.3) is 0 Å².